The molecule has 0 spiro atoms. The van der Waals surface area contributed by atoms with Gasteiger partial charge in [0, 0.05) is 31.7 Å². The molecule has 1 amide bonds. The summed E-state index contributed by atoms with van der Waals surface area (Å²) in [5, 5.41) is 7.23. The highest BCUT2D eigenvalue weighted by Gasteiger charge is 2.28. The summed E-state index contributed by atoms with van der Waals surface area (Å²) in [4.78, 5) is 15.6. The van der Waals surface area contributed by atoms with Crippen molar-refractivity contribution in [2.24, 2.45) is 4.99 Å². The molecule has 0 saturated heterocycles. The van der Waals surface area contributed by atoms with Crippen LogP contribution in [0.3, 0.4) is 0 Å². The zero-order chi connectivity index (χ0) is 16.1. The number of amides is 1. The van der Waals surface area contributed by atoms with E-state index >= 15 is 0 Å². The molecule has 1 saturated carbocycles. The Morgan fingerprint density at radius 1 is 1.59 bits per heavy atom. The molecule has 120 valence electrons. The van der Waals surface area contributed by atoms with Crippen molar-refractivity contribution in [3.63, 3.8) is 0 Å². The van der Waals surface area contributed by atoms with Crippen molar-refractivity contribution >= 4 is 11.8 Å². The summed E-state index contributed by atoms with van der Waals surface area (Å²) >= 11 is 0. The number of ether oxygens (including phenoxy) is 1. The van der Waals surface area contributed by atoms with Crippen molar-refractivity contribution in [2.45, 2.75) is 51.3 Å². The molecule has 0 aliphatic heterocycles. The maximum atomic E-state index is 11.4. The molecule has 0 bridgehead atoms. The van der Waals surface area contributed by atoms with Crippen LogP contribution in [0.4, 0.5) is 0 Å². The Bertz CT molecular complexity index is 562. The third-order valence-electron chi connectivity index (χ3n) is 3.78. The summed E-state index contributed by atoms with van der Waals surface area (Å²) in [5.74, 6) is 0.472. The lowest BCUT2D eigenvalue weighted by atomic mass is 10.2. The second-order valence-electron chi connectivity index (χ2n) is 5.75. The molecule has 0 aromatic carbocycles. The van der Waals surface area contributed by atoms with Crippen LogP contribution in [0.15, 0.2) is 29.9 Å². The van der Waals surface area contributed by atoms with E-state index in [2.05, 4.69) is 35.8 Å². The highest BCUT2D eigenvalue weighted by atomic mass is 16.5. The van der Waals surface area contributed by atoms with Crippen molar-refractivity contribution in [1.82, 2.24) is 15.1 Å². The van der Waals surface area contributed by atoms with Gasteiger partial charge in [0.2, 0.25) is 11.8 Å². The minimum Gasteiger partial charge on any atom is -0.473 e. The third-order valence-corrected chi connectivity index (χ3v) is 3.78. The number of aromatic nitrogens is 2. The Balaban J connectivity index is 1.99. The van der Waals surface area contributed by atoms with Gasteiger partial charge in [0.25, 0.3) is 0 Å². The highest BCUT2D eigenvalue weighted by molar-refractivity contribution is 5.92. The summed E-state index contributed by atoms with van der Waals surface area (Å²) in [6, 6.07) is 2.30. The van der Waals surface area contributed by atoms with E-state index in [0.29, 0.717) is 5.90 Å². The van der Waals surface area contributed by atoms with E-state index in [-0.39, 0.29) is 24.1 Å². The van der Waals surface area contributed by atoms with Crippen LogP contribution in [0.5, 0.6) is 0 Å². The van der Waals surface area contributed by atoms with E-state index < -0.39 is 0 Å². The van der Waals surface area contributed by atoms with Crippen molar-refractivity contribution in [2.75, 3.05) is 7.05 Å². The summed E-state index contributed by atoms with van der Waals surface area (Å²) < 4.78 is 7.95. The average molecular weight is 304 g/mol. The van der Waals surface area contributed by atoms with E-state index in [1.165, 1.54) is 6.08 Å². The van der Waals surface area contributed by atoms with Gasteiger partial charge in [-0.1, -0.05) is 6.58 Å². The quantitative estimate of drug-likeness (QED) is 0.514. The van der Waals surface area contributed by atoms with E-state index in [4.69, 9.17) is 4.74 Å². The van der Waals surface area contributed by atoms with E-state index in [0.717, 1.165) is 25.0 Å². The number of hydrogen-bond acceptors (Lipinski definition) is 4. The number of nitrogens with one attached hydrogen (secondary N) is 1. The molecule has 2 atom stereocenters. The van der Waals surface area contributed by atoms with Crippen LogP contribution in [0.1, 0.15) is 44.8 Å². The van der Waals surface area contributed by atoms with Gasteiger partial charge < -0.3 is 10.1 Å². The first-order valence-electron chi connectivity index (χ1n) is 7.65. The Hall–Kier alpha value is -2.11. The Morgan fingerprint density at radius 2 is 2.36 bits per heavy atom. The molecule has 1 fully saturated rings. The predicted octanol–water partition coefficient (Wildman–Crippen LogP) is 2.08. The number of hydrogen-bond donors (Lipinski definition) is 1. The monoisotopic (exact) mass is 304 g/mol. The molecule has 0 radical (unpaired) electrons. The smallest absolute Gasteiger partial charge is 0.243 e. The van der Waals surface area contributed by atoms with Gasteiger partial charge in [-0.15, -0.1) is 0 Å². The number of nitrogens with zero attached hydrogens (tertiary/aromatic N) is 3. The fourth-order valence-electron chi connectivity index (χ4n) is 2.72. The largest absolute Gasteiger partial charge is 0.473 e. The lowest BCUT2D eigenvalue weighted by Gasteiger charge is -2.18. The van der Waals surface area contributed by atoms with Crippen molar-refractivity contribution < 1.29 is 9.53 Å². The molecular weight excluding hydrogens is 280 g/mol. The molecule has 22 heavy (non-hydrogen) atoms. The van der Waals surface area contributed by atoms with Crippen LogP contribution in [0, 0.1) is 0 Å². The summed E-state index contributed by atoms with van der Waals surface area (Å²) in [5.41, 5.74) is 0.885. The minimum atomic E-state index is -0.132. The molecule has 1 aromatic heterocycles. The molecule has 1 aliphatic rings. The third kappa shape index (κ3) is 3.75. The van der Waals surface area contributed by atoms with Gasteiger partial charge in [-0.05, 0) is 38.8 Å². The van der Waals surface area contributed by atoms with Crippen LogP contribution in [-0.2, 0) is 9.53 Å². The maximum Gasteiger partial charge on any atom is 0.243 e. The molecule has 1 aromatic rings. The van der Waals surface area contributed by atoms with Crippen LogP contribution in [-0.4, -0.2) is 40.8 Å². The second-order valence-corrected chi connectivity index (χ2v) is 5.75. The van der Waals surface area contributed by atoms with Gasteiger partial charge >= 0.3 is 0 Å². The molecular formula is C16H24N4O2. The maximum absolute atomic E-state index is 11.4. The fourth-order valence-corrected chi connectivity index (χ4v) is 2.72. The number of rotatable bonds is 5. The number of carbonyl (C=O) groups is 1. The van der Waals surface area contributed by atoms with Crippen molar-refractivity contribution in [1.29, 1.82) is 0 Å². The molecule has 1 N–H and O–H groups in total. The Morgan fingerprint density at radius 3 is 3.00 bits per heavy atom. The Kier molecular flexibility index (Phi) is 5.35. The molecule has 0 unspecified atom stereocenters. The van der Waals surface area contributed by atoms with Gasteiger partial charge in [-0.3, -0.25) is 14.5 Å². The minimum absolute atomic E-state index is 0.0596. The SMILES string of the molecule is C=CC(=O)N[C@H]1CC[C@H](OC(=NC)c2ccnn2C(C)C)C1. The first-order valence-corrected chi connectivity index (χ1v) is 7.65. The van der Waals surface area contributed by atoms with Gasteiger partial charge in [-0.2, -0.15) is 5.10 Å². The zero-order valence-electron chi connectivity index (χ0n) is 13.5. The lowest BCUT2D eigenvalue weighted by Crippen LogP contribution is -2.32. The van der Waals surface area contributed by atoms with Crippen LogP contribution in [0.25, 0.3) is 0 Å². The molecule has 6 nitrogen and oxygen atoms in total. The van der Waals surface area contributed by atoms with E-state index in [1.54, 1.807) is 13.2 Å². The first kappa shape index (κ1) is 16.3. The fraction of sp³-hybridized carbons (Fsp3) is 0.562. The lowest BCUT2D eigenvalue weighted by molar-refractivity contribution is -0.117. The predicted molar refractivity (Wildman–Crippen MR) is 85.9 cm³/mol. The van der Waals surface area contributed by atoms with Gasteiger partial charge in [0.1, 0.15) is 11.8 Å². The topological polar surface area (TPSA) is 68.5 Å². The van der Waals surface area contributed by atoms with E-state index in [9.17, 15) is 4.79 Å². The molecule has 2 rings (SSSR count). The van der Waals surface area contributed by atoms with Gasteiger partial charge in [0.15, 0.2) is 0 Å². The number of aliphatic imine (C=N–C) groups is 1. The molecule has 1 aliphatic carbocycles. The number of carbonyl (C=O) groups excluding carboxylic acids is 1. The van der Waals surface area contributed by atoms with Crippen LogP contribution >= 0.6 is 0 Å². The summed E-state index contributed by atoms with van der Waals surface area (Å²) in [7, 11) is 1.72. The van der Waals surface area contributed by atoms with Crippen molar-refractivity contribution in [3.05, 3.63) is 30.6 Å². The zero-order valence-corrected chi connectivity index (χ0v) is 13.5. The van der Waals surface area contributed by atoms with Crippen LogP contribution < -0.4 is 5.32 Å². The molecule has 6 heteroatoms. The van der Waals surface area contributed by atoms with Gasteiger partial charge in [-0.25, -0.2) is 0 Å². The standard InChI is InChI=1S/C16H24N4O2/c1-5-15(21)19-12-6-7-13(10-12)22-16(17-4)14-8-9-18-20(14)11(2)3/h5,8-9,11-13H,1,6-7,10H2,2-4H3,(H,19,21)/t12-,13-/m0/s1. The summed E-state index contributed by atoms with van der Waals surface area (Å²) in [6.45, 7) is 7.61. The van der Waals surface area contributed by atoms with Crippen molar-refractivity contribution in [3.8, 4) is 0 Å². The van der Waals surface area contributed by atoms with Crippen LogP contribution in [0.2, 0.25) is 0 Å². The molecule has 1 heterocycles. The highest BCUT2D eigenvalue weighted by Crippen LogP contribution is 2.24. The first-order chi connectivity index (χ1) is 10.5. The van der Waals surface area contributed by atoms with Gasteiger partial charge in [0.05, 0.1) is 0 Å². The summed E-state index contributed by atoms with van der Waals surface area (Å²) in [6.07, 6.45) is 5.71. The van der Waals surface area contributed by atoms with E-state index in [1.807, 2.05) is 10.7 Å². The Labute approximate surface area is 131 Å². The normalized spacial score (nSPS) is 21.9. The second kappa shape index (κ2) is 7.24. The average Bonchev–Trinajstić information content (AvgIpc) is 3.13.